The van der Waals surface area contributed by atoms with Crippen LogP contribution in [0.4, 0.5) is 5.82 Å². The van der Waals surface area contributed by atoms with Crippen LogP contribution in [0.25, 0.3) is 0 Å². The van der Waals surface area contributed by atoms with E-state index in [1.165, 1.54) is 6.20 Å². The molecular formula is C18H16N4O2. The predicted molar refractivity (Wildman–Crippen MR) is 93.3 cm³/mol. The summed E-state index contributed by atoms with van der Waals surface area (Å²) in [6.45, 7) is 0.533. The van der Waals surface area contributed by atoms with Gasteiger partial charge in [0.05, 0.1) is 6.21 Å². The highest BCUT2D eigenvalue weighted by atomic mass is 16.5. The topological polar surface area (TPSA) is 79.4 Å². The first kappa shape index (κ1) is 15.5. The Balaban J connectivity index is 1.54. The normalized spacial score (nSPS) is 10.7. The number of anilines is 1. The first-order valence-electron chi connectivity index (χ1n) is 7.41. The van der Waals surface area contributed by atoms with Crippen molar-refractivity contribution in [2.24, 2.45) is 5.10 Å². The van der Waals surface area contributed by atoms with Gasteiger partial charge in [0.15, 0.2) is 0 Å². The van der Waals surface area contributed by atoms with Crippen molar-refractivity contribution in [2.75, 3.05) is 5.43 Å². The Morgan fingerprint density at radius 1 is 1.08 bits per heavy atom. The molecule has 0 atom stereocenters. The van der Waals surface area contributed by atoms with Gasteiger partial charge in [0.25, 0.3) is 0 Å². The quantitative estimate of drug-likeness (QED) is 0.541. The largest absolute Gasteiger partial charge is 0.489 e. The van der Waals surface area contributed by atoms with Gasteiger partial charge in [-0.2, -0.15) is 5.10 Å². The second kappa shape index (κ2) is 7.73. The Bertz CT molecular complexity index is 858. The zero-order chi connectivity index (χ0) is 16.6. The second-order valence-corrected chi connectivity index (χ2v) is 5.00. The van der Waals surface area contributed by atoms with Crippen molar-refractivity contribution in [3.63, 3.8) is 0 Å². The molecule has 0 aliphatic heterocycles. The van der Waals surface area contributed by atoms with Gasteiger partial charge in [0.1, 0.15) is 18.2 Å². The molecule has 120 valence electrons. The maximum absolute atomic E-state index is 11.1. The van der Waals surface area contributed by atoms with Crippen molar-refractivity contribution in [3.05, 3.63) is 88.5 Å². The van der Waals surface area contributed by atoms with Crippen molar-refractivity contribution in [1.82, 2.24) is 9.97 Å². The Morgan fingerprint density at radius 3 is 2.62 bits per heavy atom. The fraction of sp³-hybridized carbons (Fsp3) is 0.0556. The van der Waals surface area contributed by atoms with E-state index in [0.717, 1.165) is 16.9 Å². The minimum Gasteiger partial charge on any atom is -0.489 e. The molecule has 24 heavy (non-hydrogen) atoms. The van der Waals surface area contributed by atoms with Gasteiger partial charge in [-0.05, 0) is 41.5 Å². The van der Waals surface area contributed by atoms with E-state index in [1.54, 1.807) is 12.3 Å². The van der Waals surface area contributed by atoms with Crippen LogP contribution in [-0.2, 0) is 6.61 Å². The summed E-state index contributed by atoms with van der Waals surface area (Å²) in [5.74, 6) is 1.27. The van der Waals surface area contributed by atoms with Gasteiger partial charge < -0.3 is 4.74 Å². The van der Waals surface area contributed by atoms with Crippen LogP contribution in [0.3, 0.4) is 0 Å². The average Bonchev–Trinajstić information content (AvgIpc) is 2.62. The van der Waals surface area contributed by atoms with Crippen LogP contribution in [0.5, 0.6) is 5.75 Å². The Kier molecular flexibility index (Phi) is 4.99. The highest BCUT2D eigenvalue weighted by Gasteiger charge is 1.96. The number of H-pyrrole nitrogens is 1. The van der Waals surface area contributed by atoms with Crippen LogP contribution in [0, 0.1) is 0 Å². The second-order valence-electron chi connectivity index (χ2n) is 5.00. The molecule has 0 radical (unpaired) electrons. The zero-order valence-electron chi connectivity index (χ0n) is 12.8. The fourth-order valence-corrected chi connectivity index (χ4v) is 2.00. The van der Waals surface area contributed by atoms with Gasteiger partial charge >= 0.3 is 5.69 Å². The maximum atomic E-state index is 11.1. The predicted octanol–water partition coefficient (Wildman–Crippen LogP) is 2.79. The molecule has 2 N–H and O–H groups in total. The number of nitrogens with one attached hydrogen (secondary N) is 2. The van der Waals surface area contributed by atoms with Crippen LogP contribution < -0.4 is 15.9 Å². The van der Waals surface area contributed by atoms with Crippen LogP contribution in [0.15, 0.2) is 76.8 Å². The molecule has 6 nitrogen and oxygen atoms in total. The van der Waals surface area contributed by atoms with E-state index in [9.17, 15) is 4.79 Å². The third-order valence-corrected chi connectivity index (χ3v) is 3.20. The van der Waals surface area contributed by atoms with Crippen LogP contribution in [-0.4, -0.2) is 16.2 Å². The molecule has 0 unspecified atom stereocenters. The number of aromatic amines is 1. The summed E-state index contributed by atoms with van der Waals surface area (Å²) in [5, 5.41) is 4.06. The van der Waals surface area contributed by atoms with Gasteiger partial charge in [-0.1, -0.05) is 30.3 Å². The lowest BCUT2D eigenvalue weighted by Crippen LogP contribution is -2.10. The summed E-state index contributed by atoms with van der Waals surface area (Å²) in [5.41, 5.74) is 4.35. The first-order valence-corrected chi connectivity index (χ1v) is 7.41. The molecule has 0 fully saturated rings. The Labute approximate surface area is 138 Å². The van der Waals surface area contributed by atoms with Crippen molar-refractivity contribution >= 4 is 12.0 Å². The fourth-order valence-electron chi connectivity index (χ4n) is 2.00. The smallest absolute Gasteiger partial charge is 0.346 e. The number of aromatic nitrogens is 2. The van der Waals surface area contributed by atoms with E-state index in [1.807, 2.05) is 54.6 Å². The average molecular weight is 320 g/mol. The SMILES string of the molecule is O=c1nccc(N/N=C\c2ccc(OCc3ccccc3)cc2)[nH]1. The van der Waals surface area contributed by atoms with Gasteiger partial charge in [-0.15, -0.1) is 0 Å². The Hall–Kier alpha value is -3.41. The molecule has 0 saturated carbocycles. The molecule has 6 heteroatoms. The number of nitrogens with zero attached hydrogens (tertiary/aromatic N) is 2. The summed E-state index contributed by atoms with van der Waals surface area (Å²) in [4.78, 5) is 17.1. The highest BCUT2D eigenvalue weighted by Crippen LogP contribution is 2.13. The molecule has 0 aliphatic carbocycles. The number of hydrogen-bond donors (Lipinski definition) is 2. The van der Waals surface area contributed by atoms with Gasteiger partial charge in [0, 0.05) is 6.20 Å². The third kappa shape index (κ3) is 4.54. The summed E-state index contributed by atoms with van der Waals surface area (Å²) >= 11 is 0. The third-order valence-electron chi connectivity index (χ3n) is 3.20. The molecule has 2 aromatic carbocycles. The zero-order valence-corrected chi connectivity index (χ0v) is 12.8. The van der Waals surface area contributed by atoms with Crippen molar-refractivity contribution in [1.29, 1.82) is 0 Å². The van der Waals surface area contributed by atoms with Crippen molar-refractivity contribution < 1.29 is 4.74 Å². The van der Waals surface area contributed by atoms with Crippen LogP contribution >= 0.6 is 0 Å². The number of rotatable bonds is 6. The molecule has 3 rings (SSSR count). The van der Waals surface area contributed by atoms with Gasteiger partial charge in [0.2, 0.25) is 0 Å². The van der Waals surface area contributed by atoms with E-state index in [4.69, 9.17) is 4.74 Å². The monoisotopic (exact) mass is 320 g/mol. The van der Waals surface area contributed by atoms with Crippen LogP contribution in [0.2, 0.25) is 0 Å². The van der Waals surface area contributed by atoms with E-state index in [-0.39, 0.29) is 0 Å². The molecule has 0 aliphatic rings. The standard InChI is InChI=1S/C18H16N4O2/c23-18-19-11-10-17(21-18)22-20-12-14-6-8-16(9-7-14)24-13-15-4-2-1-3-5-15/h1-12H,13H2,(H2,19,21,22,23)/b20-12-. The van der Waals surface area contributed by atoms with E-state index in [2.05, 4.69) is 20.5 Å². The number of benzene rings is 2. The van der Waals surface area contributed by atoms with E-state index < -0.39 is 5.69 Å². The van der Waals surface area contributed by atoms with E-state index in [0.29, 0.717) is 12.4 Å². The molecule has 0 bridgehead atoms. The lowest BCUT2D eigenvalue weighted by atomic mass is 10.2. The van der Waals surface area contributed by atoms with Gasteiger partial charge in [-0.3, -0.25) is 10.4 Å². The number of hydrazone groups is 1. The number of ether oxygens (including phenoxy) is 1. The van der Waals surface area contributed by atoms with Gasteiger partial charge in [-0.25, -0.2) is 9.78 Å². The lowest BCUT2D eigenvalue weighted by Gasteiger charge is -2.06. The summed E-state index contributed by atoms with van der Waals surface area (Å²) in [7, 11) is 0. The molecule has 0 saturated heterocycles. The molecule has 3 aromatic rings. The number of hydrogen-bond acceptors (Lipinski definition) is 5. The Morgan fingerprint density at radius 2 is 1.88 bits per heavy atom. The maximum Gasteiger partial charge on any atom is 0.346 e. The molecule has 1 heterocycles. The lowest BCUT2D eigenvalue weighted by molar-refractivity contribution is 0.306. The minimum atomic E-state index is -0.421. The molecule has 0 amide bonds. The van der Waals surface area contributed by atoms with Crippen LogP contribution in [0.1, 0.15) is 11.1 Å². The van der Waals surface area contributed by atoms with Crippen molar-refractivity contribution in [3.8, 4) is 5.75 Å². The first-order chi connectivity index (χ1) is 11.8. The van der Waals surface area contributed by atoms with Crippen molar-refractivity contribution in [2.45, 2.75) is 6.61 Å². The van der Waals surface area contributed by atoms with E-state index >= 15 is 0 Å². The molecular weight excluding hydrogens is 304 g/mol. The summed E-state index contributed by atoms with van der Waals surface area (Å²) in [6.07, 6.45) is 3.06. The molecule has 1 aromatic heterocycles. The molecule has 0 spiro atoms. The minimum absolute atomic E-state index is 0.421. The highest BCUT2D eigenvalue weighted by molar-refractivity contribution is 5.80. The summed E-state index contributed by atoms with van der Waals surface area (Å²) < 4.78 is 5.73. The summed E-state index contributed by atoms with van der Waals surface area (Å²) in [6, 6.07) is 19.2.